The largest absolute Gasteiger partial charge is 0.496 e. The molecule has 0 N–H and O–H groups in total. The molecule has 0 atom stereocenters. The molecule has 2 aromatic carbocycles. The number of benzene rings is 2. The highest BCUT2D eigenvalue weighted by Crippen LogP contribution is 2.41. The summed E-state index contributed by atoms with van der Waals surface area (Å²) in [5, 5.41) is 0. The van der Waals surface area contributed by atoms with E-state index < -0.39 is 0 Å². The molecule has 0 aliphatic rings. The second-order valence-electron chi connectivity index (χ2n) is 8.70. The van der Waals surface area contributed by atoms with Crippen molar-refractivity contribution in [3.63, 3.8) is 0 Å². The highest BCUT2D eigenvalue weighted by Gasteiger charge is 2.24. The zero-order chi connectivity index (χ0) is 27.5. The van der Waals surface area contributed by atoms with Gasteiger partial charge in [0.15, 0.2) is 17.3 Å². The van der Waals surface area contributed by atoms with Gasteiger partial charge in [-0.05, 0) is 64.0 Å². The van der Waals surface area contributed by atoms with Crippen molar-refractivity contribution < 1.29 is 33.2 Å². The number of carbonyl (C=O) groups is 1. The summed E-state index contributed by atoms with van der Waals surface area (Å²) in [6.45, 7) is 8.31. The number of ketones is 1. The SMILES string of the molecule is COc1cc(OCC=C(C)C)c(C(=O)/C=C/c2cc(OC)c(OC)c(OC)c2)c(OC)c1CC=C(C)C. The van der Waals surface area contributed by atoms with E-state index in [1.807, 2.05) is 33.8 Å². The van der Waals surface area contributed by atoms with E-state index in [0.717, 1.165) is 16.7 Å². The van der Waals surface area contributed by atoms with Crippen molar-refractivity contribution in [3.05, 3.63) is 64.3 Å². The van der Waals surface area contributed by atoms with Gasteiger partial charge in [-0.3, -0.25) is 4.79 Å². The second kappa shape index (κ2) is 14.0. The van der Waals surface area contributed by atoms with E-state index in [1.165, 1.54) is 6.08 Å². The maximum atomic E-state index is 13.6. The Balaban J connectivity index is 2.65. The Hall–Kier alpha value is -3.87. The average molecular weight is 511 g/mol. The zero-order valence-corrected chi connectivity index (χ0v) is 23.3. The van der Waals surface area contributed by atoms with Crippen LogP contribution < -0.4 is 28.4 Å². The first-order chi connectivity index (χ1) is 17.7. The van der Waals surface area contributed by atoms with Gasteiger partial charge in [-0.15, -0.1) is 0 Å². The Morgan fingerprint density at radius 1 is 0.703 bits per heavy atom. The molecule has 0 saturated carbocycles. The third kappa shape index (κ3) is 7.56. The lowest BCUT2D eigenvalue weighted by Gasteiger charge is -2.19. The van der Waals surface area contributed by atoms with E-state index in [9.17, 15) is 4.79 Å². The van der Waals surface area contributed by atoms with E-state index >= 15 is 0 Å². The molecule has 2 aromatic rings. The van der Waals surface area contributed by atoms with E-state index in [0.29, 0.717) is 58.7 Å². The predicted molar refractivity (Wildman–Crippen MR) is 147 cm³/mol. The normalized spacial score (nSPS) is 10.5. The van der Waals surface area contributed by atoms with Crippen LogP contribution >= 0.6 is 0 Å². The van der Waals surface area contributed by atoms with Crippen LogP contribution in [0.5, 0.6) is 34.5 Å². The molecule has 0 spiro atoms. The van der Waals surface area contributed by atoms with Crippen LogP contribution in [0, 0.1) is 0 Å². The summed E-state index contributed by atoms with van der Waals surface area (Å²) in [5.41, 5.74) is 4.04. The van der Waals surface area contributed by atoms with Crippen LogP contribution in [-0.2, 0) is 6.42 Å². The van der Waals surface area contributed by atoms with Crippen LogP contribution in [0.4, 0.5) is 0 Å². The Morgan fingerprint density at radius 3 is 1.76 bits per heavy atom. The van der Waals surface area contributed by atoms with Crippen LogP contribution in [0.25, 0.3) is 6.08 Å². The molecule has 0 fully saturated rings. The molecule has 0 saturated heterocycles. The molecule has 0 radical (unpaired) electrons. The third-order valence-corrected chi connectivity index (χ3v) is 5.54. The second-order valence-corrected chi connectivity index (χ2v) is 8.70. The van der Waals surface area contributed by atoms with Crippen LogP contribution in [0.3, 0.4) is 0 Å². The van der Waals surface area contributed by atoms with E-state index in [4.69, 9.17) is 28.4 Å². The molecule has 7 heteroatoms. The van der Waals surface area contributed by atoms with Gasteiger partial charge in [0.05, 0.1) is 35.5 Å². The standard InChI is InChI=1S/C30H38O7/c1-19(2)10-12-22-24(32-5)18-25(37-15-14-20(3)4)28(29(22)35-8)23(31)13-11-21-16-26(33-6)30(36-9)27(17-21)34-7/h10-11,13-14,16-18H,12,15H2,1-9H3/b13-11+. The monoisotopic (exact) mass is 510 g/mol. The Morgan fingerprint density at radius 2 is 1.27 bits per heavy atom. The zero-order valence-electron chi connectivity index (χ0n) is 23.3. The Kier molecular flexibility index (Phi) is 11.1. The minimum atomic E-state index is -0.279. The number of rotatable bonds is 13. The summed E-state index contributed by atoms with van der Waals surface area (Å²) in [4.78, 5) is 13.6. The van der Waals surface area contributed by atoms with Gasteiger partial charge < -0.3 is 28.4 Å². The van der Waals surface area contributed by atoms with Crippen LogP contribution in [-0.4, -0.2) is 47.9 Å². The molecule has 0 aliphatic heterocycles. The number of methoxy groups -OCH3 is 5. The highest BCUT2D eigenvalue weighted by atomic mass is 16.5. The minimum Gasteiger partial charge on any atom is -0.496 e. The Labute approximate surface area is 220 Å². The summed E-state index contributed by atoms with van der Waals surface area (Å²) < 4.78 is 33.7. The van der Waals surface area contributed by atoms with Crippen molar-refractivity contribution in [3.8, 4) is 34.5 Å². The lowest BCUT2D eigenvalue weighted by atomic mass is 9.98. The number of allylic oxidation sites excluding steroid dienone is 4. The fourth-order valence-electron chi connectivity index (χ4n) is 3.66. The van der Waals surface area contributed by atoms with Gasteiger partial charge in [-0.25, -0.2) is 0 Å². The summed E-state index contributed by atoms with van der Waals surface area (Å²) >= 11 is 0. The van der Waals surface area contributed by atoms with Crippen LogP contribution in [0.1, 0.15) is 49.2 Å². The molecular formula is C30H38O7. The summed E-state index contributed by atoms with van der Waals surface area (Å²) in [6, 6.07) is 5.28. The minimum absolute atomic E-state index is 0.279. The molecule has 0 unspecified atom stereocenters. The average Bonchev–Trinajstić information content (AvgIpc) is 2.88. The predicted octanol–water partition coefficient (Wildman–Crippen LogP) is 6.48. The smallest absolute Gasteiger partial charge is 0.203 e. The van der Waals surface area contributed by atoms with Gasteiger partial charge in [-0.1, -0.05) is 23.3 Å². The third-order valence-electron chi connectivity index (χ3n) is 5.54. The molecule has 7 nitrogen and oxygen atoms in total. The van der Waals surface area contributed by atoms with Gasteiger partial charge in [0, 0.05) is 11.6 Å². The quantitative estimate of drug-likeness (QED) is 0.173. The van der Waals surface area contributed by atoms with Gasteiger partial charge >= 0.3 is 0 Å². The van der Waals surface area contributed by atoms with E-state index in [-0.39, 0.29) is 5.78 Å². The summed E-state index contributed by atoms with van der Waals surface area (Å²) in [6.07, 6.45) is 7.70. The molecule has 0 amide bonds. The molecule has 0 aliphatic carbocycles. The first-order valence-electron chi connectivity index (χ1n) is 11.9. The van der Waals surface area contributed by atoms with Crippen molar-refractivity contribution >= 4 is 11.9 Å². The van der Waals surface area contributed by atoms with Crippen LogP contribution in [0.15, 0.2) is 47.6 Å². The molecule has 200 valence electrons. The molecule has 0 heterocycles. The number of carbonyl (C=O) groups excluding carboxylic acids is 1. The first kappa shape index (κ1) is 29.4. The maximum Gasteiger partial charge on any atom is 0.203 e. The number of hydrogen-bond donors (Lipinski definition) is 0. The van der Waals surface area contributed by atoms with Crippen molar-refractivity contribution in [2.75, 3.05) is 42.2 Å². The molecule has 0 bridgehead atoms. The number of hydrogen-bond acceptors (Lipinski definition) is 7. The Bertz CT molecular complexity index is 1160. The fourth-order valence-corrected chi connectivity index (χ4v) is 3.66. The number of ether oxygens (including phenoxy) is 6. The molecular weight excluding hydrogens is 472 g/mol. The van der Waals surface area contributed by atoms with Gasteiger partial charge in [0.25, 0.3) is 0 Å². The lowest BCUT2D eigenvalue weighted by Crippen LogP contribution is -2.09. The van der Waals surface area contributed by atoms with Crippen molar-refractivity contribution in [2.24, 2.45) is 0 Å². The molecule has 2 rings (SSSR count). The fraction of sp³-hybridized carbons (Fsp3) is 0.367. The van der Waals surface area contributed by atoms with Gasteiger partial charge in [-0.2, -0.15) is 0 Å². The molecule has 37 heavy (non-hydrogen) atoms. The van der Waals surface area contributed by atoms with Crippen molar-refractivity contribution in [1.82, 2.24) is 0 Å². The van der Waals surface area contributed by atoms with E-state index in [1.54, 1.807) is 59.8 Å². The molecule has 0 aromatic heterocycles. The maximum absolute atomic E-state index is 13.6. The summed E-state index contributed by atoms with van der Waals surface area (Å²) in [5.74, 6) is 2.57. The van der Waals surface area contributed by atoms with Crippen molar-refractivity contribution in [2.45, 2.75) is 34.1 Å². The van der Waals surface area contributed by atoms with Gasteiger partial charge in [0.1, 0.15) is 29.4 Å². The van der Waals surface area contributed by atoms with Gasteiger partial charge in [0.2, 0.25) is 5.75 Å². The first-order valence-corrected chi connectivity index (χ1v) is 11.9. The summed E-state index contributed by atoms with van der Waals surface area (Å²) in [7, 11) is 7.76. The van der Waals surface area contributed by atoms with Crippen LogP contribution in [0.2, 0.25) is 0 Å². The lowest BCUT2D eigenvalue weighted by molar-refractivity contribution is 0.104. The van der Waals surface area contributed by atoms with Crippen molar-refractivity contribution in [1.29, 1.82) is 0 Å². The topological polar surface area (TPSA) is 72.5 Å². The van der Waals surface area contributed by atoms with E-state index in [2.05, 4.69) is 6.08 Å². The highest BCUT2D eigenvalue weighted by molar-refractivity contribution is 6.11.